The van der Waals surface area contributed by atoms with Crippen LogP contribution < -0.4 is 0 Å². The summed E-state index contributed by atoms with van der Waals surface area (Å²) in [5.41, 5.74) is 2.42. The Morgan fingerprint density at radius 1 is 1.31 bits per heavy atom. The van der Waals surface area contributed by atoms with Crippen molar-refractivity contribution < 1.29 is 9.47 Å². The van der Waals surface area contributed by atoms with E-state index in [1.54, 1.807) is 7.11 Å². The van der Waals surface area contributed by atoms with E-state index < -0.39 is 8.07 Å². The quantitative estimate of drug-likeness (QED) is 0.402. The third-order valence-corrected chi connectivity index (χ3v) is 3.83. The van der Waals surface area contributed by atoms with Gasteiger partial charge in [-0.05, 0) is 18.8 Å². The molecule has 0 aromatic heterocycles. The zero-order valence-corrected chi connectivity index (χ0v) is 11.9. The van der Waals surface area contributed by atoms with Crippen molar-refractivity contribution in [2.45, 2.75) is 38.6 Å². The van der Waals surface area contributed by atoms with E-state index in [1.807, 2.05) is 0 Å². The molecule has 0 saturated heterocycles. The second-order valence-corrected chi connectivity index (χ2v) is 10.6. The van der Waals surface area contributed by atoms with Crippen LogP contribution in [0, 0.1) is 5.92 Å². The summed E-state index contributed by atoms with van der Waals surface area (Å²) in [4.78, 5) is 0. The molecule has 0 spiro atoms. The number of rotatable bonds is 6. The topological polar surface area (TPSA) is 18.5 Å². The van der Waals surface area contributed by atoms with Gasteiger partial charge in [-0.3, -0.25) is 0 Å². The predicted octanol–water partition coefficient (Wildman–Crippen LogP) is 3.38. The first-order valence-corrected chi connectivity index (χ1v) is 9.55. The molecule has 2 atom stereocenters. The average Bonchev–Trinajstić information content (AvgIpc) is 2.61. The van der Waals surface area contributed by atoms with E-state index in [0.29, 0.717) is 12.7 Å². The van der Waals surface area contributed by atoms with Crippen molar-refractivity contribution in [3.8, 4) is 0 Å². The Morgan fingerprint density at radius 2 is 2.06 bits per heavy atom. The fourth-order valence-electron chi connectivity index (χ4n) is 1.79. The molecule has 1 aliphatic rings. The van der Waals surface area contributed by atoms with Crippen molar-refractivity contribution in [2.24, 2.45) is 5.92 Å². The van der Waals surface area contributed by atoms with E-state index in [9.17, 15) is 0 Å². The van der Waals surface area contributed by atoms with Crippen LogP contribution >= 0.6 is 0 Å². The third kappa shape index (κ3) is 5.63. The van der Waals surface area contributed by atoms with Crippen LogP contribution in [0.2, 0.25) is 19.6 Å². The van der Waals surface area contributed by atoms with E-state index in [2.05, 4.69) is 43.6 Å². The summed E-state index contributed by atoms with van der Waals surface area (Å²) in [5.74, 6) is 0.648. The van der Waals surface area contributed by atoms with E-state index >= 15 is 0 Å². The molecule has 2 nitrogen and oxygen atoms in total. The summed E-state index contributed by atoms with van der Waals surface area (Å²) in [5, 5.41) is 0. The number of allylic oxidation sites excluding steroid dienone is 2. The highest BCUT2D eigenvalue weighted by Crippen LogP contribution is 2.24. The molecule has 0 radical (unpaired) electrons. The first-order chi connectivity index (χ1) is 7.51. The van der Waals surface area contributed by atoms with Gasteiger partial charge in [-0.2, -0.15) is 0 Å². The lowest BCUT2D eigenvalue weighted by atomic mass is 10.1. The molecule has 0 aromatic rings. The van der Waals surface area contributed by atoms with Gasteiger partial charge in [-0.15, -0.1) is 0 Å². The standard InChI is InChI=1S/C13H24O2Si/c1-14-11-15-13-8-7-12(10-13)6-5-9-16(2,3)4/h5,7-9,12-13H,6,10-11H2,1-4H3/b9-5+/t12-,13-/m1/s1. The largest absolute Gasteiger partial charge is 0.359 e. The van der Waals surface area contributed by atoms with Crippen molar-refractivity contribution in [3.63, 3.8) is 0 Å². The first kappa shape index (κ1) is 13.7. The monoisotopic (exact) mass is 240 g/mol. The molecule has 0 saturated carbocycles. The molecule has 1 aliphatic carbocycles. The molecule has 0 unspecified atom stereocenters. The predicted molar refractivity (Wildman–Crippen MR) is 71.1 cm³/mol. The van der Waals surface area contributed by atoms with Gasteiger partial charge in [0.15, 0.2) is 0 Å². The van der Waals surface area contributed by atoms with Crippen molar-refractivity contribution >= 4 is 8.07 Å². The van der Waals surface area contributed by atoms with E-state index in [0.717, 1.165) is 12.8 Å². The summed E-state index contributed by atoms with van der Waals surface area (Å²) in [6.07, 6.45) is 9.28. The van der Waals surface area contributed by atoms with Gasteiger partial charge in [0.05, 0.1) is 14.2 Å². The Bertz CT molecular complexity index is 253. The Kier molecular flexibility index (Phi) is 5.45. The Labute approximate surface area is 100 Å². The van der Waals surface area contributed by atoms with Gasteiger partial charge in [0, 0.05) is 7.11 Å². The molecule has 0 aliphatic heterocycles. The molecule has 0 fully saturated rings. The maximum atomic E-state index is 5.51. The molecule has 92 valence electrons. The summed E-state index contributed by atoms with van der Waals surface area (Å²) in [6, 6.07) is 0. The van der Waals surface area contributed by atoms with E-state index in [1.165, 1.54) is 0 Å². The van der Waals surface area contributed by atoms with Crippen molar-refractivity contribution in [1.29, 1.82) is 0 Å². The maximum absolute atomic E-state index is 5.51. The first-order valence-electron chi connectivity index (χ1n) is 5.98. The molecule has 1 rings (SSSR count). The smallest absolute Gasteiger partial charge is 0.147 e. The van der Waals surface area contributed by atoms with Gasteiger partial charge in [-0.1, -0.05) is 43.6 Å². The fourth-order valence-corrected chi connectivity index (χ4v) is 2.63. The summed E-state index contributed by atoms with van der Waals surface area (Å²) in [6.45, 7) is 7.47. The van der Waals surface area contributed by atoms with Gasteiger partial charge in [0.25, 0.3) is 0 Å². The highest BCUT2D eigenvalue weighted by atomic mass is 28.3. The fraction of sp³-hybridized carbons (Fsp3) is 0.692. The van der Waals surface area contributed by atoms with Gasteiger partial charge in [0.1, 0.15) is 6.79 Å². The minimum absolute atomic E-state index is 0.255. The Balaban J connectivity index is 2.22. The van der Waals surface area contributed by atoms with Crippen LogP contribution in [0.5, 0.6) is 0 Å². The minimum atomic E-state index is -1.02. The summed E-state index contributed by atoms with van der Waals surface area (Å²) in [7, 11) is 0.637. The molecule has 0 N–H and O–H groups in total. The zero-order valence-electron chi connectivity index (χ0n) is 10.9. The molecular weight excluding hydrogens is 216 g/mol. The Hall–Kier alpha value is -0.383. The number of hydrogen-bond donors (Lipinski definition) is 0. The van der Waals surface area contributed by atoms with Crippen LogP contribution in [0.25, 0.3) is 0 Å². The van der Waals surface area contributed by atoms with Crippen molar-refractivity contribution in [1.82, 2.24) is 0 Å². The maximum Gasteiger partial charge on any atom is 0.147 e. The molecule has 0 bridgehead atoms. The number of methoxy groups -OCH3 is 1. The van der Waals surface area contributed by atoms with E-state index in [-0.39, 0.29) is 6.10 Å². The summed E-state index contributed by atoms with van der Waals surface area (Å²) >= 11 is 0. The van der Waals surface area contributed by atoms with Crippen LogP contribution in [-0.2, 0) is 9.47 Å². The molecule has 3 heteroatoms. The second-order valence-electron chi connectivity index (χ2n) is 5.50. The molecular formula is C13H24O2Si. The van der Waals surface area contributed by atoms with Crippen molar-refractivity contribution in [3.05, 3.63) is 23.9 Å². The molecule has 0 aromatic carbocycles. The highest BCUT2D eigenvalue weighted by Gasteiger charge is 2.18. The van der Waals surface area contributed by atoms with Crippen LogP contribution in [-0.4, -0.2) is 28.1 Å². The van der Waals surface area contributed by atoms with E-state index in [4.69, 9.17) is 9.47 Å². The number of ether oxygens (including phenoxy) is 2. The average molecular weight is 240 g/mol. The summed E-state index contributed by atoms with van der Waals surface area (Å²) < 4.78 is 10.4. The highest BCUT2D eigenvalue weighted by molar-refractivity contribution is 6.80. The Morgan fingerprint density at radius 3 is 2.69 bits per heavy atom. The van der Waals surface area contributed by atoms with Crippen LogP contribution in [0.15, 0.2) is 23.9 Å². The SMILES string of the molecule is COCO[C@@H]1C=C[C@@H](C/C=C/[Si](C)(C)C)C1. The molecule has 16 heavy (non-hydrogen) atoms. The normalized spacial score (nSPS) is 25.8. The zero-order chi connectivity index (χ0) is 12.0. The lowest BCUT2D eigenvalue weighted by Gasteiger charge is -2.12. The lowest BCUT2D eigenvalue weighted by Crippen LogP contribution is -2.15. The lowest BCUT2D eigenvalue weighted by molar-refractivity contribution is -0.0569. The second kappa shape index (κ2) is 6.38. The van der Waals surface area contributed by atoms with Crippen molar-refractivity contribution in [2.75, 3.05) is 13.9 Å². The number of hydrogen-bond acceptors (Lipinski definition) is 2. The van der Waals surface area contributed by atoms with Gasteiger partial charge < -0.3 is 9.47 Å². The van der Waals surface area contributed by atoms with Crippen LogP contribution in [0.4, 0.5) is 0 Å². The van der Waals surface area contributed by atoms with Crippen LogP contribution in [0.3, 0.4) is 0 Å². The van der Waals surface area contributed by atoms with Gasteiger partial charge >= 0.3 is 0 Å². The minimum Gasteiger partial charge on any atom is -0.359 e. The van der Waals surface area contributed by atoms with Gasteiger partial charge in [-0.25, -0.2) is 0 Å². The molecule has 0 amide bonds. The molecule has 0 heterocycles. The van der Waals surface area contributed by atoms with Gasteiger partial charge in [0.2, 0.25) is 0 Å². The third-order valence-electron chi connectivity index (χ3n) is 2.59. The van der Waals surface area contributed by atoms with Crippen LogP contribution in [0.1, 0.15) is 12.8 Å².